The van der Waals surface area contributed by atoms with E-state index in [-0.39, 0.29) is 0 Å². The number of hydrogen-bond acceptors (Lipinski definition) is 1. The molecule has 0 radical (unpaired) electrons. The lowest BCUT2D eigenvalue weighted by atomic mass is 9.91. The van der Waals surface area contributed by atoms with E-state index in [4.69, 9.17) is 0 Å². The highest BCUT2D eigenvalue weighted by Gasteiger charge is 2.33. The first-order valence-electron chi connectivity index (χ1n) is 9.54. The van der Waals surface area contributed by atoms with Crippen molar-refractivity contribution < 1.29 is 0 Å². The van der Waals surface area contributed by atoms with Crippen molar-refractivity contribution >= 4 is 17.5 Å². The monoisotopic (exact) mass is 337 g/mol. The first kappa shape index (κ1) is 15.5. The molecule has 0 spiro atoms. The Morgan fingerprint density at radius 2 is 1.88 bits per heavy atom. The summed E-state index contributed by atoms with van der Waals surface area (Å²) in [6.07, 6.45) is 17.1. The van der Waals surface area contributed by atoms with Crippen molar-refractivity contribution in [3.05, 3.63) is 101 Å². The molecule has 2 aromatic carbocycles. The lowest BCUT2D eigenvalue weighted by molar-refractivity contribution is 0.784. The summed E-state index contributed by atoms with van der Waals surface area (Å²) in [5.41, 5.74) is 9.55. The summed E-state index contributed by atoms with van der Waals surface area (Å²) in [6, 6.07) is 16.1. The van der Waals surface area contributed by atoms with Gasteiger partial charge in [-0.3, -0.25) is 0 Å². The van der Waals surface area contributed by atoms with Crippen LogP contribution in [0.1, 0.15) is 35.1 Å². The lowest BCUT2D eigenvalue weighted by Crippen LogP contribution is -2.31. The molecule has 1 heteroatoms. The van der Waals surface area contributed by atoms with Gasteiger partial charge in [-0.05, 0) is 61.1 Å². The molecule has 1 unspecified atom stereocenters. The number of aryl methyl sites for hydroxylation is 2. The fourth-order valence-electron chi connectivity index (χ4n) is 4.35. The Kier molecular flexibility index (Phi) is 3.67. The molecule has 0 saturated heterocycles. The van der Waals surface area contributed by atoms with E-state index in [9.17, 15) is 0 Å². The summed E-state index contributed by atoms with van der Waals surface area (Å²) in [5.74, 6) is 0. The Morgan fingerprint density at radius 1 is 1.00 bits per heavy atom. The summed E-state index contributed by atoms with van der Waals surface area (Å²) >= 11 is 0. The van der Waals surface area contributed by atoms with Gasteiger partial charge in [0.15, 0.2) is 0 Å². The first-order chi connectivity index (χ1) is 12.8. The van der Waals surface area contributed by atoms with Crippen LogP contribution in [0.25, 0.3) is 11.8 Å². The van der Waals surface area contributed by atoms with Gasteiger partial charge in [0, 0.05) is 16.9 Å². The van der Waals surface area contributed by atoms with Gasteiger partial charge in [0.05, 0.1) is 6.04 Å². The minimum absolute atomic E-state index is 0.404. The largest absolute Gasteiger partial charge is 0.333 e. The highest BCUT2D eigenvalue weighted by Crippen LogP contribution is 2.42. The molecular formula is C25H23N. The van der Waals surface area contributed by atoms with Gasteiger partial charge < -0.3 is 4.90 Å². The van der Waals surface area contributed by atoms with Crippen LogP contribution in [-0.4, -0.2) is 6.04 Å². The third-order valence-corrected chi connectivity index (χ3v) is 5.69. The number of anilines is 1. The summed E-state index contributed by atoms with van der Waals surface area (Å²) < 4.78 is 0. The van der Waals surface area contributed by atoms with Crippen molar-refractivity contribution in [1.29, 1.82) is 0 Å². The molecule has 2 aliphatic carbocycles. The molecule has 0 fully saturated rings. The van der Waals surface area contributed by atoms with Crippen LogP contribution >= 0.6 is 0 Å². The number of rotatable bonds is 2. The van der Waals surface area contributed by atoms with Gasteiger partial charge >= 0.3 is 0 Å². The van der Waals surface area contributed by atoms with Crippen LogP contribution in [0, 0.1) is 6.92 Å². The first-order valence-corrected chi connectivity index (χ1v) is 9.54. The van der Waals surface area contributed by atoms with Crippen LogP contribution in [0.4, 0.5) is 5.69 Å². The Balaban J connectivity index is 1.68. The smallest absolute Gasteiger partial charge is 0.0627 e. The van der Waals surface area contributed by atoms with E-state index in [1.807, 2.05) is 0 Å². The maximum Gasteiger partial charge on any atom is 0.0627 e. The van der Waals surface area contributed by atoms with E-state index < -0.39 is 0 Å². The number of hydrogen-bond donors (Lipinski definition) is 0. The fourth-order valence-corrected chi connectivity index (χ4v) is 4.35. The standard InChI is InChI=1S/C25H23N/c1-18-13-15-21(16-14-18)26-24-12-5-3-8-20(24)17-25(26)23-11-6-9-19-7-2-4-10-22(19)23/h3-6,8-11,13-17,24H,2,7,12H2,1H3. The average molecular weight is 337 g/mol. The maximum absolute atomic E-state index is 2.53. The number of nitrogens with zero attached hydrogens (tertiary/aromatic N) is 1. The third kappa shape index (κ3) is 2.47. The maximum atomic E-state index is 2.53. The fraction of sp³-hybridized carbons (Fsp3) is 0.200. The predicted molar refractivity (Wildman–Crippen MR) is 111 cm³/mol. The normalized spacial score (nSPS) is 20.5. The quantitative estimate of drug-likeness (QED) is 0.643. The average Bonchev–Trinajstić information content (AvgIpc) is 3.07. The second kappa shape index (κ2) is 6.17. The molecule has 1 nitrogen and oxygen atoms in total. The van der Waals surface area contributed by atoms with Gasteiger partial charge in [0.1, 0.15) is 0 Å². The molecule has 1 heterocycles. The van der Waals surface area contributed by atoms with Gasteiger partial charge in [-0.1, -0.05) is 66.3 Å². The van der Waals surface area contributed by atoms with Crippen LogP contribution in [0.3, 0.4) is 0 Å². The second-order valence-electron chi connectivity index (χ2n) is 7.40. The molecule has 1 atom stereocenters. The van der Waals surface area contributed by atoms with Crippen molar-refractivity contribution in [3.8, 4) is 0 Å². The summed E-state index contributed by atoms with van der Waals surface area (Å²) in [5, 5.41) is 0. The molecule has 0 N–H and O–H groups in total. The number of allylic oxidation sites excluding steroid dienone is 3. The summed E-state index contributed by atoms with van der Waals surface area (Å²) in [4.78, 5) is 2.53. The minimum atomic E-state index is 0.404. The van der Waals surface area contributed by atoms with Crippen LogP contribution < -0.4 is 4.90 Å². The van der Waals surface area contributed by atoms with Crippen LogP contribution in [0.5, 0.6) is 0 Å². The van der Waals surface area contributed by atoms with E-state index in [0.29, 0.717) is 6.04 Å². The Morgan fingerprint density at radius 3 is 2.77 bits per heavy atom. The van der Waals surface area contributed by atoms with Crippen LogP contribution in [0.2, 0.25) is 0 Å². The van der Waals surface area contributed by atoms with Gasteiger partial charge in [-0.2, -0.15) is 0 Å². The van der Waals surface area contributed by atoms with E-state index in [2.05, 4.69) is 90.7 Å². The molecule has 0 bridgehead atoms. The zero-order chi connectivity index (χ0) is 17.5. The number of fused-ring (bicyclic) bond motifs is 2. The zero-order valence-corrected chi connectivity index (χ0v) is 15.2. The molecule has 5 rings (SSSR count). The summed E-state index contributed by atoms with van der Waals surface area (Å²) in [7, 11) is 0. The lowest BCUT2D eigenvalue weighted by Gasteiger charge is -2.32. The SMILES string of the molecule is Cc1ccc(N2C(c3cccc4c3C=CCC4)=CC3=CC=CCC32)cc1. The van der Waals surface area contributed by atoms with Crippen molar-refractivity contribution in [2.75, 3.05) is 4.90 Å². The molecule has 26 heavy (non-hydrogen) atoms. The minimum Gasteiger partial charge on any atom is -0.333 e. The molecule has 0 amide bonds. The Bertz CT molecular complexity index is 970. The molecule has 128 valence electrons. The highest BCUT2D eigenvalue weighted by molar-refractivity contribution is 5.90. The molecule has 1 aliphatic heterocycles. The van der Waals surface area contributed by atoms with E-state index in [0.717, 1.165) is 19.3 Å². The summed E-state index contributed by atoms with van der Waals surface area (Å²) in [6.45, 7) is 2.15. The zero-order valence-electron chi connectivity index (χ0n) is 15.2. The second-order valence-corrected chi connectivity index (χ2v) is 7.40. The van der Waals surface area contributed by atoms with E-state index in [1.54, 1.807) is 0 Å². The third-order valence-electron chi connectivity index (χ3n) is 5.69. The van der Waals surface area contributed by atoms with E-state index in [1.165, 1.54) is 39.2 Å². The molecule has 0 saturated carbocycles. The topological polar surface area (TPSA) is 3.24 Å². The van der Waals surface area contributed by atoms with E-state index >= 15 is 0 Å². The van der Waals surface area contributed by atoms with Crippen molar-refractivity contribution in [2.45, 2.75) is 32.2 Å². The van der Waals surface area contributed by atoms with Crippen molar-refractivity contribution in [3.63, 3.8) is 0 Å². The molecule has 2 aromatic rings. The van der Waals surface area contributed by atoms with Gasteiger partial charge in [-0.25, -0.2) is 0 Å². The van der Waals surface area contributed by atoms with Crippen molar-refractivity contribution in [1.82, 2.24) is 0 Å². The number of benzene rings is 2. The Hall–Kier alpha value is -2.80. The Labute approximate surface area is 155 Å². The predicted octanol–water partition coefficient (Wildman–Crippen LogP) is 6.07. The molecule has 0 aromatic heterocycles. The van der Waals surface area contributed by atoms with Gasteiger partial charge in [0.25, 0.3) is 0 Å². The van der Waals surface area contributed by atoms with Crippen molar-refractivity contribution in [2.24, 2.45) is 0 Å². The van der Waals surface area contributed by atoms with Gasteiger partial charge in [0.2, 0.25) is 0 Å². The van der Waals surface area contributed by atoms with Crippen LogP contribution in [-0.2, 0) is 6.42 Å². The highest BCUT2D eigenvalue weighted by atomic mass is 15.2. The molecular weight excluding hydrogens is 314 g/mol. The molecule has 3 aliphatic rings. The van der Waals surface area contributed by atoms with Gasteiger partial charge in [-0.15, -0.1) is 0 Å². The van der Waals surface area contributed by atoms with Crippen LogP contribution in [0.15, 0.2) is 78.4 Å².